The summed E-state index contributed by atoms with van der Waals surface area (Å²) < 4.78 is 5.90. The molecule has 0 aliphatic carbocycles. The van der Waals surface area contributed by atoms with Gasteiger partial charge in [-0.1, -0.05) is 36.4 Å². The molecule has 2 aromatic carbocycles. The third-order valence-electron chi connectivity index (χ3n) is 3.38. The molecule has 0 saturated carbocycles. The molecule has 3 rings (SSSR count). The van der Waals surface area contributed by atoms with Crippen molar-refractivity contribution in [3.05, 3.63) is 64.4 Å². The Balaban J connectivity index is 1.50. The molecule has 0 amide bonds. The summed E-state index contributed by atoms with van der Waals surface area (Å²) in [5.74, 6) is 0.960. The van der Waals surface area contributed by atoms with Crippen LogP contribution in [0, 0.1) is 6.92 Å². The summed E-state index contributed by atoms with van der Waals surface area (Å²) in [6.07, 6.45) is 0. The van der Waals surface area contributed by atoms with Gasteiger partial charge in [0, 0.05) is 28.2 Å². The zero-order valence-electron chi connectivity index (χ0n) is 12.1. The van der Waals surface area contributed by atoms with Crippen LogP contribution in [0.4, 0.5) is 0 Å². The minimum absolute atomic E-state index is 0.679. The molecular formula is C18H19NOS. The van der Waals surface area contributed by atoms with Gasteiger partial charge in [-0.25, -0.2) is 0 Å². The van der Waals surface area contributed by atoms with E-state index < -0.39 is 0 Å². The van der Waals surface area contributed by atoms with E-state index in [1.807, 2.05) is 29.5 Å². The van der Waals surface area contributed by atoms with Crippen LogP contribution in [0.15, 0.2) is 54.6 Å². The maximum Gasteiger partial charge on any atom is 0.127 e. The Hall–Kier alpha value is -1.84. The molecule has 0 radical (unpaired) electrons. The third-order valence-corrected chi connectivity index (χ3v) is 4.38. The Kier molecular flexibility index (Phi) is 4.53. The van der Waals surface area contributed by atoms with Crippen molar-refractivity contribution in [2.24, 2.45) is 0 Å². The molecule has 0 saturated heterocycles. The number of benzene rings is 2. The summed E-state index contributed by atoms with van der Waals surface area (Å²) in [6.45, 7) is 4.58. The molecule has 0 aliphatic rings. The zero-order valence-corrected chi connectivity index (χ0v) is 13.0. The van der Waals surface area contributed by atoms with Crippen LogP contribution in [0.2, 0.25) is 0 Å². The number of aryl methyl sites for hydroxylation is 1. The van der Waals surface area contributed by atoms with Crippen molar-refractivity contribution in [1.82, 2.24) is 5.32 Å². The van der Waals surface area contributed by atoms with Crippen LogP contribution in [0.1, 0.15) is 9.75 Å². The molecule has 1 N–H and O–H groups in total. The second kappa shape index (κ2) is 6.74. The van der Waals surface area contributed by atoms with Gasteiger partial charge in [0.05, 0.1) is 0 Å². The predicted molar refractivity (Wildman–Crippen MR) is 90.2 cm³/mol. The van der Waals surface area contributed by atoms with Gasteiger partial charge in [-0.05, 0) is 30.5 Å². The van der Waals surface area contributed by atoms with Gasteiger partial charge >= 0.3 is 0 Å². The molecule has 0 unspecified atom stereocenters. The van der Waals surface area contributed by atoms with Gasteiger partial charge in [0.2, 0.25) is 0 Å². The van der Waals surface area contributed by atoms with E-state index in [4.69, 9.17) is 4.74 Å². The molecule has 0 aliphatic heterocycles. The van der Waals surface area contributed by atoms with Gasteiger partial charge in [0.1, 0.15) is 12.4 Å². The van der Waals surface area contributed by atoms with Crippen molar-refractivity contribution in [2.75, 3.05) is 13.2 Å². The van der Waals surface area contributed by atoms with Gasteiger partial charge in [-0.3, -0.25) is 0 Å². The number of rotatable bonds is 6. The van der Waals surface area contributed by atoms with Gasteiger partial charge < -0.3 is 10.1 Å². The molecule has 1 heterocycles. The van der Waals surface area contributed by atoms with Crippen LogP contribution in [0.25, 0.3) is 10.8 Å². The summed E-state index contributed by atoms with van der Waals surface area (Å²) in [6, 6.07) is 18.8. The third kappa shape index (κ3) is 3.63. The minimum atomic E-state index is 0.679. The lowest BCUT2D eigenvalue weighted by Crippen LogP contribution is -2.20. The Morgan fingerprint density at radius 1 is 1.00 bits per heavy atom. The summed E-state index contributed by atoms with van der Waals surface area (Å²) in [5, 5.41) is 5.81. The largest absolute Gasteiger partial charge is 0.492 e. The van der Waals surface area contributed by atoms with E-state index in [9.17, 15) is 0 Å². The highest BCUT2D eigenvalue weighted by molar-refractivity contribution is 7.11. The first-order chi connectivity index (χ1) is 10.3. The quantitative estimate of drug-likeness (QED) is 0.682. The predicted octanol–water partition coefficient (Wildman–Crippen LogP) is 4.38. The summed E-state index contributed by atoms with van der Waals surface area (Å²) >= 11 is 1.84. The maximum atomic E-state index is 5.90. The number of nitrogens with one attached hydrogen (secondary N) is 1. The SMILES string of the molecule is Cc1ccc(CNCCOc2cccc3ccccc23)s1. The molecule has 3 aromatic rings. The topological polar surface area (TPSA) is 21.3 Å². The highest BCUT2D eigenvalue weighted by Crippen LogP contribution is 2.24. The highest BCUT2D eigenvalue weighted by atomic mass is 32.1. The number of thiophene rings is 1. The van der Waals surface area contributed by atoms with E-state index in [1.54, 1.807) is 0 Å². The smallest absolute Gasteiger partial charge is 0.127 e. The van der Waals surface area contributed by atoms with Crippen molar-refractivity contribution < 1.29 is 4.74 Å². The lowest BCUT2D eigenvalue weighted by Gasteiger charge is -2.09. The molecule has 2 nitrogen and oxygen atoms in total. The first-order valence-corrected chi connectivity index (χ1v) is 8.01. The monoisotopic (exact) mass is 297 g/mol. The fourth-order valence-corrected chi connectivity index (χ4v) is 3.21. The van der Waals surface area contributed by atoms with E-state index in [-0.39, 0.29) is 0 Å². The Morgan fingerprint density at radius 2 is 1.86 bits per heavy atom. The van der Waals surface area contributed by atoms with Crippen LogP contribution < -0.4 is 10.1 Å². The molecule has 3 heteroatoms. The molecule has 0 spiro atoms. The Bertz CT molecular complexity index is 715. The van der Waals surface area contributed by atoms with Gasteiger partial charge in [-0.15, -0.1) is 11.3 Å². The first-order valence-electron chi connectivity index (χ1n) is 7.19. The molecule has 21 heavy (non-hydrogen) atoms. The lowest BCUT2D eigenvalue weighted by atomic mass is 10.1. The summed E-state index contributed by atoms with van der Waals surface area (Å²) in [7, 11) is 0. The number of ether oxygens (including phenoxy) is 1. The van der Waals surface area contributed by atoms with E-state index >= 15 is 0 Å². The molecule has 108 valence electrons. The van der Waals surface area contributed by atoms with Crippen molar-refractivity contribution in [3.63, 3.8) is 0 Å². The first kappa shape index (κ1) is 14.1. The van der Waals surface area contributed by atoms with E-state index in [2.05, 4.69) is 48.6 Å². The molecular weight excluding hydrogens is 278 g/mol. The fraction of sp³-hybridized carbons (Fsp3) is 0.222. The average Bonchev–Trinajstić information content (AvgIpc) is 2.92. The molecule has 0 fully saturated rings. The minimum Gasteiger partial charge on any atom is -0.492 e. The molecule has 1 aromatic heterocycles. The van der Waals surface area contributed by atoms with Crippen molar-refractivity contribution in [3.8, 4) is 5.75 Å². The lowest BCUT2D eigenvalue weighted by molar-refractivity contribution is 0.317. The summed E-state index contributed by atoms with van der Waals surface area (Å²) in [4.78, 5) is 2.73. The Labute approximate surface area is 129 Å². The van der Waals surface area contributed by atoms with Crippen LogP contribution in [-0.2, 0) is 6.54 Å². The highest BCUT2D eigenvalue weighted by Gasteiger charge is 2.01. The normalized spacial score (nSPS) is 10.9. The Morgan fingerprint density at radius 3 is 2.71 bits per heavy atom. The van der Waals surface area contributed by atoms with Crippen LogP contribution >= 0.6 is 11.3 Å². The molecule has 0 atom stereocenters. The van der Waals surface area contributed by atoms with E-state index in [0.717, 1.165) is 18.8 Å². The number of hydrogen-bond donors (Lipinski definition) is 1. The second-order valence-electron chi connectivity index (χ2n) is 5.01. The van der Waals surface area contributed by atoms with E-state index in [1.165, 1.54) is 20.5 Å². The van der Waals surface area contributed by atoms with Crippen LogP contribution in [0.3, 0.4) is 0 Å². The summed E-state index contributed by atoms with van der Waals surface area (Å²) in [5.41, 5.74) is 0. The van der Waals surface area contributed by atoms with Crippen molar-refractivity contribution in [1.29, 1.82) is 0 Å². The number of fused-ring (bicyclic) bond motifs is 1. The van der Waals surface area contributed by atoms with Crippen LogP contribution in [-0.4, -0.2) is 13.2 Å². The van der Waals surface area contributed by atoms with Gasteiger partial charge in [0.25, 0.3) is 0 Å². The van der Waals surface area contributed by atoms with Gasteiger partial charge in [0.15, 0.2) is 0 Å². The van der Waals surface area contributed by atoms with Crippen LogP contribution in [0.5, 0.6) is 5.75 Å². The standard InChI is InChI=1S/C18H19NOS/c1-14-9-10-16(21-14)13-19-11-12-20-18-8-4-6-15-5-2-3-7-17(15)18/h2-10,19H,11-13H2,1H3. The fourth-order valence-electron chi connectivity index (χ4n) is 2.35. The van der Waals surface area contributed by atoms with Gasteiger partial charge in [-0.2, -0.15) is 0 Å². The maximum absolute atomic E-state index is 5.90. The van der Waals surface area contributed by atoms with Crippen molar-refractivity contribution in [2.45, 2.75) is 13.5 Å². The number of hydrogen-bond acceptors (Lipinski definition) is 3. The zero-order chi connectivity index (χ0) is 14.5. The average molecular weight is 297 g/mol. The van der Waals surface area contributed by atoms with Crippen molar-refractivity contribution >= 4 is 22.1 Å². The molecule has 0 bridgehead atoms. The van der Waals surface area contributed by atoms with E-state index in [0.29, 0.717) is 6.61 Å². The second-order valence-corrected chi connectivity index (χ2v) is 6.39.